The highest BCUT2D eigenvalue weighted by Crippen LogP contribution is 2.20. The van der Waals surface area contributed by atoms with Gasteiger partial charge in [0.25, 0.3) is 0 Å². The average Bonchev–Trinajstić information content (AvgIpc) is 2.62. The van der Waals surface area contributed by atoms with Gasteiger partial charge in [-0.15, -0.1) is 0 Å². The van der Waals surface area contributed by atoms with E-state index in [1.54, 1.807) is 0 Å². The molecule has 0 aromatic carbocycles. The van der Waals surface area contributed by atoms with Crippen LogP contribution >= 0.6 is 8.60 Å². The molecule has 0 radical (unpaired) electrons. The number of hydrogen-bond donors (Lipinski definition) is 2. The molecule has 0 saturated heterocycles. The fourth-order valence-electron chi connectivity index (χ4n) is 0.975. The maximum absolute atomic E-state index is 7.76. The molecule has 0 saturated carbocycles. The first-order valence-corrected chi connectivity index (χ1v) is 5.99. The van der Waals surface area contributed by atoms with Crippen LogP contribution in [0.1, 0.15) is 19.8 Å². The van der Waals surface area contributed by atoms with Crippen LogP contribution in [0, 0.1) is 0 Å². The van der Waals surface area contributed by atoms with Crippen molar-refractivity contribution in [1.29, 1.82) is 0 Å². The van der Waals surface area contributed by atoms with Crippen LogP contribution in [-0.2, 0) is 18.1 Å². The Balaban J connectivity index is 0.000000336. The molecule has 88 valence electrons. The molecule has 0 atom stereocenters. The van der Waals surface area contributed by atoms with Gasteiger partial charge in [-0.3, -0.25) is 0 Å². The number of aryl methyl sites for hydroxylation is 2. The van der Waals surface area contributed by atoms with Crippen LogP contribution in [0.3, 0.4) is 0 Å². The molecule has 1 aromatic heterocycles. The molecule has 0 fully saturated rings. The lowest BCUT2D eigenvalue weighted by Gasteiger charge is -1.90. The van der Waals surface area contributed by atoms with Gasteiger partial charge in [-0.05, 0) is 6.42 Å². The molecule has 1 aromatic rings. The zero-order chi connectivity index (χ0) is 11.7. The number of aromatic nitrogens is 2. The molecule has 0 spiro atoms. The van der Waals surface area contributed by atoms with Gasteiger partial charge in [0.15, 0.2) is 0 Å². The standard InChI is InChI=1S/C8H15N2.CH5O3P/c1-3-4-5-10-7-6-9(2)8-10;1-4-5(2)3/h6-8H,3-5H2,1-2H3;2-3H,1H3/q+1;. The third-order valence-corrected chi connectivity index (χ3v) is 2.08. The molecule has 0 aliphatic rings. The summed E-state index contributed by atoms with van der Waals surface area (Å²) in [6, 6.07) is 0. The van der Waals surface area contributed by atoms with Crippen molar-refractivity contribution in [2.24, 2.45) is 7.05 Å². The van der Waals surface area contributed by atoms with E-state index in [1.165, 1.54) is 20.0 Å². The van der Waals surface area contributed by atoms with Gasteiger partial charge in [0.05, 0.1) is 13.6 Å². The summed E-state index contributed by atoms with van der Waals surface area (Å²) in [6.07, 6.45) is 8.82. The van der Waals surface area contributed by atoms with Crippen molar-refractivity contribution in [2.45, 2.75) is 26.3 Å². The molecule has 2 N–H and O–H groups in total. The Bertz CT molecular complexity index is 253. The van der Waals surface area contributed by atoms with Crippen LogP contribution in [0.25, 0.3) is 0 Å². The molecule has 0 unspecified atom stereocenters. The normalized spacial score (nSPS) is 10.0. The van der Waals surface area contributed by atoms with Gasteiger partial charge in [0, 0.05) is 7.11 Å². The van der Waals surface area contributed by atoms with E-state index in [1.807, 2.05) is 7.05 Å². The highest BCUT2D eigenvalue weighted by Gasteiger charge is 1.96. The van der Waals surface area contributed by atoms with Gasteiger partial charge in [-0.25, -0.2) is 9.13 Å². The predicted molar refractivity (Wildman–Crippen MR) is 58.9 cm³/mol. The first-order chi connectivity index (χ1) is 7.10. The minimum atomic E-state index is -2.10. The molecule has 0 bridgehead atoms. The highest BCUT2D eigenvalue weighted by atomic mass is 31.2. The Hall–Kier alpha value is -0.480. The van der Waals surface area contributed by atoms with Gasteiger partial charge in [0.2, 0.25) is 6.33 Å². The Morgan fingerprint density at radius 3 is 2.40 bits per heavy atom. The van der Waals surface area contributed by atoms with E-state index < -0.39 is 8.60 Å². The van der Waals surface area contributed by atoms with E-state index in [2.05, 4.69) is 39.3 Å². The lowest BCUT2D eigenvalue weighted by molar-refractivity contribution is -0.696. The fraction of sp³-hybridized carbons (Fsp3) is 0.667. The van der Waals surface area contributed by atoms with E-state index >= 15 is 0 Å². The lowest BCUT2D eigenvalue weighted by atomic mass is 10.3. The second kappa shape index (κ2) is 8.80. The second-order valence-corrected chi connectivity index (χ2v) is 3.98. The Labute approximate surface area is 91.9 Å². The van der Waals surface area contributed by atoms with Gasteiger partial charge < -0.3 is 14.3 Å². The van der Waals surface area contributed by atoms with Crippen LogP contribution in [0.5, 0.6) is 0 Å². The van der Waals surface area contributed by atoms with Crippen molar-refractivity contribution < 1.29 is 18.9 Å². The van der Waals surface area contributed by atoms with E-state index in [0.717, 1.165) is 6.54 Å². The predicted octanol–water partition coefficient (Wildman–Crippen LogP) is 0.957. The number of nitrogens with zero attached hydrogens (tertiary/aromatic N) is 2. The quantitative estimate of drug-likeness (QED) is 0.603. The number of rotatable bonds is 4. The van der Waals surface area contributed by atoms with Crippen molar-refractivity contribution in [3.63, 3.8) is 0 Å². The summed E-state index contributed by atoms with van der Waals surface area (Å²) in [5.74, 6) is 0. The second-order valence-electron chi connectivity index (χ2n) is 3.11. The van der Waals surface area contributed by atoms with Crippen molar-refractivity contribution in [3.05, 3.63) is 18.7 Å². The zero-order valence-corrected chi connectivity index (χ0v) is 10.4. The first kappa shape index (κ1) is 14.5. The largest absolute Gasteiger partial charge is 0.328 e. The third kappa shape index (κ3) is 8.51. The Morgan fingerprint density at radius 2 is 2.07 bits per heavy atom. The maximum atomic E-state index is 7.76. The van der Waals surface area contributed by atoms with Gasteiger partial charge in [0.1, 0.15) is 12.4 Å². The molecular formula is C9H20N2O3P+. The molecule has 1 heterocycles. The molecule has 15 heavy (non-hydrogen) atoms. The van der Waals surface area contributed by atoms with Gasteiger partial charge in [-0.1, -0.05) is 13.3 Å². The number of hydrogen-bond acceptors (Lipinski definition) is 3. The maximum Gasteiger partial charge on any atom is 0.326 e. The minimum absolute atomic E-state index is 1.15. The average molecular weight is 235 g/mol. The zero-order valence-electron chi connectivity index (χ0n) is 9.50. The van der Waals surface area contributed by atoms with Gasteiger partial charge >= 0.3 is 8.60 Å². The van der Waals surface area contributed by atoms with E-state index in [0.29, 0.717) is 0 Å². The number of unbranched alkanes of at least 4 members (excludes halogenated alkanes) is 1. The van der Waals surface area contributed by atoms with E-state index in [4.69, 9.17) is 9.79 Å². The van der Waals surface area contributed by atoms with Crippen molar-refractivity contribution in [3.8, 4) is 0 Å². The van der Waals surface area contributed by atoms with Crippen LogP contribution in [0.2, 0.25) is 0 Å². The SMILES string of the molecule is CCCC[n+]1ccn(C)c1.COP(O)O. The summed E-state index contributed by atoms with van der Waals surface area (Å²) >= 11 is 0. The lowest BCUT2D eigenvalue weighted by Crippen LogP contribution is -2.30. The fourth-order valence-corrected chi connectivity index (χ4v) is 0.975. The first-order valence-electron chi connectivity index (χ1n) is 4.83. The van der Waals surface area contributed by atoms with Crippen LogP contribution < -0.4 is 4.57 Å². The van der Waals surface area contributed by atoms with E-state index in [-0.39, 0.29) is 0 Å². The molecule has 0 amide bonds. The molecule has 0 aliphatic heterocycles. The van der Waals surface area contributed by atoms with Crippen molar-refractivity contribution >= 4 is 8.60 Å². The van der Waals surface area contributed by atoms with Crippen molar-refractivity contribution in [2.75, 3.05) is 7.11 Å². The van der Waals surface area contributed by atoms with Crippen molar-refractivity contribution in [1.82, 2.24) is 4.57 Å². The Morgan fingerprint density at radius 1 is 1.47 bits per heavy atom. The van der Waals surface area contributed by atoms with Crippen LogP contribution in [0.4, 0.5) is 0 Å². The number of imidazole rings is 1. The summed E-state index contributed by atoms with van der Waals surface area (Å²) in [7, 11) is 1.17. The molecule has 0 aliphatic carbocycles. The molecule has 6 heteroatoms. The van der Waals surface area contributed by atoms with E-state index in [9.17, 15) is 0 Å². The summed E-state index contributed by atoms with van der Waals surface area (Å²) in [6.45, 7) is 3.36. The van der Waals surface area contributed by atoms with Crippen LogP contribution in [-0.4, -0.2) is 21.5 Å². The summed E-state index contributed by atoms with van der Waals surface area (Å²) < 4.78 is 8.20. The minimum Gasteiger partial charge on any atom is -0.328 e. The summed E-state index contributed by atoms with van der Waals surface area (Å²) in [5, 5.41) is 0. The third-order valence-electron chi connectivity index (χ3n) is 1.76. The van der Waals surface area contributed by atoms with Crippen LogP contribution in [0.15, 0.2) is 18.7 Å². The summed E-state index contributed by atoms with van der Waals surface area (Å²) in [4.78, 5) is 15.5. The topological polar surface area (TPSA) is 58.5 Å². The molecular weight excluding hydrogens is 215 g/mol. The molecule has 5 nitrogen and oxygen atoms in total. The summed E-state index contributed by atoms with van der Waals surface area (Å²) in [5.41, 5.74) is 0. The smallest absolute Gasteiger partial charge is 0.326 e. The molecule has 1 rings (SSSR count). The highest BCUT2D eigenvalue weighted by molar-refractivity contribution is 7.39. The monoisotopic (exact) mass is 235 g/mol. The Kier molecular flexibility index (Phi) is 8.52. The van der Waals surface area contributed by atoms with Gasteiger partial charge in [-0.2, -0.15) is 0 Å².